The minimum absolute atomic E-state index is 0.393. The van der Waals surface area contributed by atoms with Crippen molar-refractivity contribution in [3.8, 4) is 0 Å². The van der Waals surface area contributed by atoms with Crippen molar-refractivity contribution in [1.82, 2.24) is 9.88 Å². The zero-order valence-corrected chi connectivity index (χ0v) is 12.7. The molecule has 5 heteroatoms. The van der Waals surface area contributed by atoms with Crippen molar-refractivity contribution in [1.29, 1.82) is 0 Å². The smallest absolute Gasteiger partial charge is 0.126 e. The number of ether oxygens (including phenoxy) is 1. The lowest BCUT2D eigenvalue weighted by Gasteiger charge is -2.28. The lowest BCUT2D eigenvalue weighted by Crippen LogP contribution is -2.40. The Morgan fingerprint density at radius 2 is 2.23 bits per heavy atom. The minimum Gasteiger partial charge on any atom is -0.377 e. The average Bonchev–Trinajstić information content (AvgIpc) is 2.76. The third kappa shape index (κ3) is 2.09. The van der Waals surface area contributed by atoms with Gasteiger partial charge in [0.2, 0.25) is 0 Å². The average molecular weight is 296 g/mol. The van der Waals surface area contributed by atoms with Crippen molar-refractivity contribution in [3.63, 3.8) is 0 Å². The first kappa shape index (κ1) is 13.4. The van der Waals surface area contributed by atoms with E-state index in [9.17, 15) is 0 Å². The van der Waals surface area contributed by atoms with Gasteiger partial charge in [-0.3, -0.25) is 4.90 Å². The number of allylic oxidation sites excluding steroid dienone is 3. The molecule has 0 spiro atoms. The lowest BCUT2D eigenvalue weighted by atomic mass is 10.1. The van der Waals surface area contributed by atoms with Crippen LogP contribution < -0.4 is 10.2 Å². The van der Waals surface area contributed by atoms with Crippen LogP contribution in [0, 0.1) is 0 Å². The Kier molecular flexibility index (Phi) is 3.15. The Morgan fingerprint density at radius 3 is 2.91 bits per heavy atom. The second kappa shape index (κ2) is 5.18. The van der Waals surface area contributed by atoms with Gasteiger partial charge in [-0.2, -0.15) is 0 Å². The molecule has 0 bridgehead atoms. The van der Waals surface area contributed by atoms with E-state index in [4.69, 9.17) is 4.74 Å². The highest BCUT2D eigenvalue weighted by Crippen LogP contribution is 2.39. The molecule has 1 aromatic rings. The summed E-state index contributed by atoms with van der Waals surface area (Å²) >= 11 is 0. The zero-order valence-electron chi connectivity index (χ0n) is 12.7. The molecule has 0 atom stereocenters. The van der Waals surface area contributed by atoms with Crippen molar-refractivity contribution in [2.75, 3.05) is 30.5 Å². The summed E-state index contributed by atoms with van der Waals surface area (Å²) in [7, 11) is 2.06. The molecule has 3 aliphatic rings. The molecule has 1 fully saturated rings. The van der Waals surface area contributed by atoms with Crippen molar-refractivity contribution in [2.24, 2.45) is 0 Å². The van der Waals surface area contributed by atoms with E-state index in [-0.39, 0.29) is 0 Å². The van der Waals surface area contributed by atoms with Crippen molar-refractivity contribution in [3.05, 3.63) is 54.3 Å². The third-order valence-corrected chi connectivity index (χ3v) is 4.39. The maximum Gasteiger partial charge on any atom is 0.126 e. The van der Waals surface area contributed by atoms with Crippen molar-refractivity contribution >= 4 is 11.5 Å². The Labute approximate surface area is 130 Å². The molecule has 5 nitrogen and oxygen atoms in total. The van der Waals surface area contributed by atoms with Crippen molar-refractivity contribution < 1.29 is 4.74 Å². The molecule has 0 aromatic carbocycles. The normalized spacial score (nSPS) is 21.2. The summed E-state index contributed by atoms with van der Waals surface area (Å²) in [5.41, 5.74) is 3.61. The molecule has 0 saturated carbocycles. The van der Waals surface area contributed by atoms with Crippen LogP contribution in [0.15, 0.2) is 54.3 Å². The van der Waals surface area contributed by atoms with E-state index in [0.717, 1.165) is 43.4 Å². The SMILES string of the molecule is C=C1N(C)C2=C(CCC=C2)N1c1ccc(NC2COC2)nc1. The Morgan fingerprint density at radius 1 is 1.36 bits per heavy atom. The molecular weight excluding hydrogens is 276 g/mol. The largest absolute Gasteiger partial charge is 0.377 e. The minimum atomic E-state index is 0.393. The number of nitrogens with zero attached hydrogens (tertiary/aromatic N) is 3. The van der Waals surface area contributed by atoms with Crippen LogP contribution in [0.1, 0.15) is 12.8 Å². The van der Waals surface area contributed by atoms with E-state index in [0.29, 0.717) is 6.04 Å². The number of hydrogen-bond acceptors (Lipinski definition) is 5. The van der Waals surface area contributed by atoms with Crippen LogP contribution in [0.5, 0.6) is 0 Å². The molecule has 0 radical (unpaired) electrons. The molecule has 1 aromatic heterocycles. The van der Waals surface area contributed by atoms with Gasteiger partial charge in [0, 0.05) is 12.7 Å². The first-order valence-corrected chi connectivity index (χ1v) is 7.67. The predicted molar refractivity (Wildman–Crippen MR) is 87.2 cm³/mol. The van der Waals surface area contributed by atoms with Gasteiger partial charge in [0.25, 0.3) is 0 Å². The highest BCUT2D eigenvalue weighted by atomic mass is 16.5. The fourth-order valence-electron chi connectivity index (χ4n) is 3.05. The molecular formula is C17H20N4O. The van der Waals surface area contributed by atoms with E-state index >= 15 is 0 Å². The van der Waals surface area contributed by atoms with Crippen LogP contribution in [-0.4, -0.2) is 36.2 Å². The van der Waals surface area contributed by atoms with Gasteiger partial charge in [0.15, 0.2) is 0 Å². The zero-order chi connectivity index (χ0) is 15.1. The van der Waals surface area contributed by atoms with Crippen LogP contribution in [0.2, 0.25) is 0 Å². The maximum absolute atomic E-state index is 5.17. The number of nitrogens with one attached hydrogen (secondary N) is 1. The van der Waals surface area contributed by atoms with Gasteiger partial charge >= 0.3 is 0 Å². The molecule has 0 amide bonds. The van der Waals surface area contributed by atoms with Gasteiger partial charge in [0.05, 0.1) is 36.8 Å². The summed E-state index contributed by atoms with van der Waals surface area (Å²) in [4.78, 5) is 8.89. The number of anilines is 2. The number of hydrogen-bond donors (Lipinski definition) is 1. The van der Waals surface area contributed by atoms with Crippen molar-refractivity contribution in [2.45, 2.75) is 18.9 Å². The highest BCUT2D eigenvalue weighted by molar-refractivity contribution is 5.64. The fourth-order valence-corrected chi connectivity index (χ4v) is 3.05. The van der Waals surface area contributed by atoms with Gasteiger partial charge < -0.3 is 15.0 Å². The lowest BCUT2D eigenvalue weighted by molar-refractivity contribution is 0.0209. The summed E-state index contributed by atoms with van der Waals surface area (Å²) in [6, 6.07) is 4.52. The topological polar surface area (TPSA) is 40.6 Å². The molecule has 1 aliphatic carbocycles. The highest BCUT2D eigenvalue weighted by Gasteiger charge is 2.31. The Bertz CT molecular complexity index is 658. The molecule has 22 heavy (non-hydrogen) atoms. The van der Waals surface area contributed by atoms with E-state index in [1.165, 1.54) is 11.4 Å². The maximum atomic E-state index is 5.17. The number of likely N-dealkylation sites (N-methyl/N-ethyl adjacent to an activating group) is 1. The molecule has 2 aliphatic heterocycles. The predicted octanol–water partition coefficient (Wildman–Crippen LogP) is 2.68. The molecule has 4 rings (SSSR count). The van der Waals surface area contributed by atoms with E-state index < -0.39 is 0 Å². The monoisotopic (exact) mass is 296 g/mol. The number of pyridine rings is 1. The summed E-state index contributed by atoms with van der Waals surface area (Å²) in [6.45, 7) is 5.75. The van der Waals surface area contributed by atoms with E-state index in [1.807, 2.05) is 12.3 Å². The standard InChI is InChI=1S/C17H20N4O/c1-12-20(2)15-5-3-4-6-16(15)21(12)14-7-8-17(18-9-14)19-13-10-22-11-13/h3,5,7-9,13H,1,4,6,10-11H2,2H3,(H,18,19). The van der Waals surface area contributed by atoms with Crippen LogP contribution in [0.25, 0.3) is 0 Å². The molecule has 1 saturated heterocycles. The summed E-state index contributed by atoms with van der Waals surface area (Å²) in [6.07, 6.45) is 8.43. The van der Waals surface area contributed by atoms with Crippen LogP contribution in [0.3, 0.4) is 0 Å². The fraction of sp³-hybridized carbons (Fsp3) is 0.353. The van der Waals surface area contributed by atoms with Gasteiger partial charge in [-0.15, -0.1) is 0 Å². The Hall–Kier alpha value is -2.27. The van der Waals surface area contributed by atoms with E-state index in [1.54, 1.807) is 0 Å². The van der Waals surface area contributed by atoms with Gasteiger partial charge in [-0.25, -0.2) is 4.98 Å². The van der Waals surface area contributed by atoms with Gasteiger partial charge in [-0.05, 0) is 31.1 Å². The third-order valence-electron chi connectivity index (χ3n) is 4.39. The first-order valence-electron chi connectivity index (χ1n) is 7.67. The Balaban J connectivity index is 1.59. The molecule has 1 N–H and O–H groups in total. The quantitative estimate of drug-likeness (QED) is 0.928. The van der Waals surface area contributed by atoms with Crippen LogP contribution >= 0.6 is 0 Å². The van der Waals surface area contributed by atoms with Gasteiger partial charge in [0.1, 0.15) is 11.6 Å². The van der Waals surface area contributed by atoms with E-state index in [2.05, 4.69) is 51.9 Å². The number of rotatable bonds is 3. The molecule has 0 unspecified atom stereocenters. The van der Waals surface area contributed by atoms with Crippen LogP contribution in [0.4, 0.5) is 11.5 Å². The second-order valence-electron chi connectivity index (χ2n) is 5.86. The summed E-state index contributed by atoms with van der Waals surface area (Å²) in [5.74, 6) is 1.87. The molecule has 3 heterocycles. The number of aromatic nitrogens is 1. The first-order chi connectivity index (χ1) is 10.7. The molecule has 114 valence electrons. The van der Waals surface area contributed by atoms with Crippen LogP contribution in [-0.2, 0) is 4.74 Å². The van der Waals surface area contributed by atoms with Gasteiger partial charge in [-0.1, -0.05) is 12.7 Å². The summed E-state index contributed by atoms with van der Waals surface area (Å²) < 4.78 is 5.17. The summed E-state index contributed by atoms with van der Waals surface area (Å²) in [5, 5.41) is 3.36. The second-order valence-corrected chi connectivity index (χ2v) is 5.86.